The van der Waals surface area contributed by atoms with Gasteiger partial charge >= 0.3 is 0 Å². The first-order chi connectivity index (χ1) is 8.56. The zero-order valence-corrected chi connectivity index (χ0v) is 11.7. The number of rotatable bonds is 12. The van der Waals surface area contributed by atoms with Gasteiger partial charge in [0.1, 0.15) is 0 Å². The maximum Gasteiger partial charge on any atom is 0.218 e. The Kier molecular flexibility index (Phi) is 11.0. The Bertz CT molecular complexity index is 212. The van der Waals surface area contributed by atoms with Crippen LogP contribution in [-0.4, -0.2) is 42.9 Å². The molecular weight excluding hydrogens is 232 g/mol. The molecule has 0 aromatic carbocycles. The number of amides is 1. The fourth-order valence-electron chi connectivity index (χ4n) is 1.62. The van der Waals surface area contributed by atoms with Crippen LogP contribution in [0.4, 0.5) is 0 Å². The molecular formula is C13H28N2O3. The lowest BCUT2D eigenvalue weighted by molar-refractivity contribution is -0.118. The third kappa shape index (κ3) is 11.8. The number of carbonyl (C=O) groups is 1. The van der Waals surface area contributed by atoms with E-state index >= 15 is 0 Å². The van der Waals surface area contributed by atoms with Gasteiger partial charge in [-0.3, -0.25) is 4.79 Å². The van der Waals surface area contributed by atoms with Crippen molar-refractivity contribution < 1.29 is 14.6 Å². The van der Waals surface area contributed by atoms with Crippen LogP contribution in [0.3, 0.4) is 0 Å². The molecule has 108 valence electrons. The van der Waals surface area contributed by atoms with Gasteiger partial charge in [0.25, 0.3) is 0 Å². The summed E-state index contributed by atoms with van der Waals surface area (Å²) in [5, 5.41) is 12.7. The second-order valence-electron chi connectivity index (χ2n) is 4.77. The molecule has 18 heavy (non-hydrogen) atoms. The molecule has 5 heteroatoms. The molecule has 0 radical (unpaired) electrons. The second kappa shape index (κ2) is 11.4. The summed E-state index contributed by atoms with van der Waals surface area (Å²) in [6, 6.07) is -0.0123. The number of aliphatic hydroxyl groups is 1. The lowest BCUT2D eigenvalue weighted by atomic mass is 10.2. The van der Waals surface area contributed by atoms with Crippen LogP contribution in [0.5, 0.6) is 0 Å². The molecule has 0 heterocycles. The van der Waals surface area contributed by atoms with Crippen LogP contribution >= 0.6 is 0 Å². The van der Waals surface area contributed by atoms with E-state index in [0.29, 0.717) is 19.8 Å². The highest BCUT2D eigenvalue weighted by atomic mass is 16.5. The van der Waals surface area contributed by atoms with Crippen molar-refractivity contribution in [3.63, 3.8) is 0 Å². The number of carbonyl (C=O) groups excluding carboxylic acids is 1. The van der Waals surface area contributed by atoms with E-state index in [9.17, 15) is 9.90 Å². The second-order valence-corrected chi connectivity index (χ2v) is 4.77. The number of unbranched alkanes of at least 4 members (excludes halogenated alkanes) is 3. The van der Waals surface area contributed by atoms with Crippen molar-refractivity contribution >= 4 is 5.91 Å². The quantitative estimate of drug-likeness (QED) is 0.453. The van der Waals surface area contributed by atoms with Crippen LogP contribution in [0.1, 0.15) is 46.0 Å². The molecule has 2 unspecified atom stereocenters. The molecule has 0 spiro atoms. The molecule has 0 fully saturated rings. The minimum Gasteiger partial charge on any atom is -0.389 e. The van der Waals surface area contributed by atoms with E-state index in [4.69, 9.17) is 10.5 Å². The molecule has 0 saturated heterocycles. The Morgan fingerprint density at radius 1 is 1.39 bits per heavy atom. The fraction of sp³-hybridized carbons (Fsp3) is 0.923. The van der Waals surface area contributed by atoms with Crippen molar-refractivity contribution in [2.75, 3.05) is 19.8 Å². The van der Waals surface area contributed by atoms with E-state index in [1.165, 1.54) is 19.3 Å². The van der Waals surface area contributed by atoms with Crippen LogP contribution < -0.4 is 11.1 Å². The summed E-state index contributed by atoms with van der Waals surface area (Å²) >= 11 is 0. The first-order valence-electron chi connectivity index (χ1n) is 6.83. The third-order valence-electron chi connectivity index (χ3n) is 2.66. The summed E-state index contributed by atoms with van der Waals surface area (Å²) in [6.07, 6.45) is 4.42. The van der Waals surface area contributed by atoms with Gasteiger partial charge in [-0.1, -0.05) is 26.2 Å². The topological polar surface area (TPSA) is 84.6 Å². The molecule has 0 aromatic heterocycles. The van der Waals surface area contributed by atoms with Crippen molar-refractivity contribution in [1.29, 1.82) is 0 Å². The van der Waals surface area contributed by atoms with Gasteiger partial charge in [0, 0.05) is 25.6 Å². The summed E-state index contributed by atoms with van der Waals surface area (Å²) in [4.78, 5) is 10.6. The van der Waals surface area contributed by atoms with E-state index in [1.807, 2.05) is 6.92 Å². The minimum absolute atomic E-state index is 0.0123. The lowest BCUT2D eigenvalue weighted by Gasteiger charge is -2.16. The van der Waals surface area contributed by atoms with Crippen LogP contribution in [0.2, 0.25) is 0 Å². The Labute approximate surface area is 110 Å². The summed E-state index contributed by atoms with van der Waals surface area (Å²) in [5.41, 5.74) is 5.07. The zero-order chi connectivity index (χ0) is 13.8. The van der Waals surface area contributed by atoms with Crippen LogP contribution in [0, 0.1) is 0 Å². The normalized spacial score (nSPS) is 14.4. The van der Waals surface area contributed by atoms with Crippen molar-refractivity contribution in [2.24, 2.45) is 5.73 Å². The SMILES string of the molecule is CCCCCCOCC(O)CNC(C)CC(N)=O. The van der Waals surface area contributed by atoms with Crippen molar-refractivity contribution in [2.45, 2.75) is 58.1 Å². The predicted molar refractivity (Wildman–Crippen MR) is 72.2 cm³/mol. The molecule has 2 atom stereocenters. The molecule has 0 aromatic rings. The number of nitrogens with one attached hydrogen (secondary N) is 1. The highest BCUT2D eigenvalue weighted by Gasteiger charge is 2.09. The monoisotopic (exact) mass is 260 g/mol. The Hall–Kier alpha value is -0.650. The summed E-state index contributed by atoms with van der Waals surface area (Å²) in [6.45, 7) is 5.49. The fourth-order valence-corrected chi connectivity index (χ4v) is 1.62. The Balaban J connectivity index is 3.36. The minimum atomic E-state index is -0.536. The highest BCUT2D eigenvalue weighted by molar-refractivity contribution is 5.74. The molecule has 0 bridgehead atoms. The van der Waals surface area contributed by atoms with Gasteiger partial charge in [-0.15, -0.1) is 0 Å². The molecule has 0 saturated carbocycles. The maximum absolute atomic E-state index is 10.6. The van der Waals surface area contributed by atoms with Gasteiger partial charge in [0.2, 0.25) is 5.91 Å². The van der Waals surface area contributed by atoms with Gasteiger partial charge in [-0.25, -0.2) is 0 Å². The van der Waals surface area contributed by atoms with Crippen molar-refractivity contribution in [1.82, 2.24) is 5.32 Å². The number of ether oxygens (including phenoxy) is 1. The zero-order valence-electron chi connectivity index (χ0n) is 11.7. The number of hydrogen-bond acceptors (Lipinski definition) is 4. The smallest absolute Gasteiger partial charge is 0.218 e. The summed E-state index contributed by atoms with van der Waals surface area (Å²) < 4.78 is 5.37. The van der Waals surface area contributed by atoms with Crippen molar-refractivity contribution in [3.8, 4) is 0 Å². The largest absolute Gasteiger partial charge is 0.389 e. The van der Waals surface area contributed by atoms with E-state index in [0.717, 1.165) is 6.42 Å². The van der Waals surface area contributed by atoms with E-state index < -0.39 is 6.10 Å². The first-order valence-corrected chi connectivity index (χ1v) is 6.83. The van der Waals surface area contributed by atoms with Crippen LogP contribution in [-0.2, 0) is 9.53 Å². The molecule has 5 nitrogen and oxygen atoms in total. The van der Waals surface area contributed by atoms with Gasteiger partial charge in [0.05, 0.1) is 12.7 Å². The van der Waals surface area contributed by atoms with Crippen molar-refractivity contribution in [3.05, 3.63) is 0 Å². The molecule has 0 aliphatic carbocycles. The van der Waals surface area contributed by atoms with Gasteiger partial charge in [-0.2, -0.15) is 0 Å². The predicted octanol–water partition coefficient (Wildman–Crippen LogP) is 0.798. The standard InChI is InChI=1S/C13H28N2O3/c1-3-4-5-6-7-18-10-12(16)9-15-11(2)8-13(14)17/h11-12,15-16H,3-10H2,1-2H3,(H2,14,17). The maximum atomic E-state index is 10.6. The van der Waals surface area contributed by atoms with E-state index in [2.05, 4.69) is 12.2 Å². The Morgan fingerprint density at radius 3 is 2.72 bits per heavy atom. The summed E-state index contributed by atoms with van der Waals surface area (Å²) in [7, 11) is 0. The lowest BCUT2D eigenvalue weighted by Crippen LogP contribution is -2.38. The van der Waals surface area contributed by atoms with E-state index in [1.54, 1.807) is 0 Å². The van der Waals surface area contributed by atoms with Gasteiger partial charge in [-0.05, 0) is 13.3 Å². The van der Waals surface area contributed by atoms with Crippen LogP contribution in [0.25, 0.3) is 0 Å². The van der Waals surface area contributed by atoms with E-state index in [-0.39, 0.29) is 18.4 Å². The highest BCUT2D eigenvalue weighted by Crippen LogP contribution is 1.99. The summed E-state index contributed by atoms with van der Waals surface area (Å²) in [5.74, 6) is -0.336. The Morgan fingerprint density at radius 2 is 2.11 bits per heavy atom. The van der Waals surface area contributed by atoms with Gasteiger partial charge in [0.15, 0.2) is 0 Å². The molecule has 4 N–H and O–H groups in total. The third-order valence-corrected chi connectivity index (χ3v) is 2.66. The molecule has 0 rings (SSSR count). The number of primary amides is 1. The van der Waals surface area contributed by atoms with Gasteiger partial charge < -0.3 is 20.9 Å². The number of nitrogens with two attached hydrogens (primary N) is 1. The average Bonchev–Trinajstić information content (AvgIpc) is 2.30. The van der Waals surface area contributed by atoms with Crippen LogP contribution in [0.15, 0.2) is 0 Å². The first kappa shape index (κ1) is 17.4. The molecule has 0 aliphatic rings. The number of hydrogen-bond donors (Lipinski definition) is 3. The number of aliphatic hydroxyl groups excluding tert-OH is 1. The average molecular weight is 260 g/mol. The molecule has 0 aliphatic heterocycles. The molecule has 1 amide bonds.